The largest absolute Gasteiger partial charge is 2.00 e. The zero-order valence-electron chi connectivity index (χ0n) is 31.3. The summed E-state index contributed by atoms with van der Waals surface area (Å²) in [7, 11) is 0. The molecule has 0 saturated heterocycles. The predicted octanol–water partition coefficient (Wildman–Crippen LogP) is 12.3. The van der Waals surface area contributed by atoms with E-state index < -0.39 is 0 Å². The first kappa shape index (κ1) is 35.7. The molecule has 0 spiro atoms. The minimum absolute atomic E-state index is 0. The van der Waals surface area contributed by atoms with E-state index in [2.05, 4.69) is 217 Å². The van der Waals surface area contributed by atoms with Crippen LogP contribution in [0.25, 0.3) is 22.3 Å². The Morgan fingerprint density at radius 3 is 2.05 bits per heavy atom. The number of allylic oxidation sites excluding steroid dienone is 2. The summed E-state index contributed by atoms with van der Waals surface area (Å²) >= 11 is 0. The average Bonchev–Trinajstić information content (AvgIpc) is 3.81. The molecule has 0 radical (unpaired) electrons. The maximum Gasteiger partial charge on any atom is 2.00 e. The maximum absolute atomic E-state index is 5.02. The van der Waals surface area contributed by atoms with Gasteiger partial charge >= 0.3 is 21.1 Å². The molecular weight excluding hydrogens is 864 g/mol. The fourth-order valence-electron chi connectivity index (χ4n) is 8.57. The SMILES string of the molecule is CC(C)(c1[c-]c(N2CN(c3ccccc3)c3ccccc32)ccc1)c1[c-]c2c(cc1)C1C=CC=CC1N2c1cc(-c2ccccc2-c2ccccc2)ccn1.[Pt+2]. The average molecular weight is 904 g/mol. The van der Waals surface area contributed by atoms with Crippen LogP contribution >= 0.6 is 0 Å². The molecule has 1 aromatic heterocycles. The standard InChI is InChI=1S/C51H40N4.Pt/c1-51(2,38-18-15-21-41(33-38)54-35-53(40-19-7-4-8-20-40)47-26-13-14-27-48(47)54)39-28-29-45-44-24-11-12-25-46(44)55(49(45)34-39)50-32-37(30-31-52-50)43-23-10-9-22-42(43)36-16-5-3-6-17-36;/h3-32,44,46H,35H2,1-2H3;/q-2;+2. The predicted molar refractivity (Wildman–Crippen MR) is 227 cm³/mol. The van der Waals surface area contributed by atoms with Crippen molar-refractivity contribution in [2.24, 2.45) is 0 Å². The Bertz CT molecular complexity index is 2600. The molecule has 1 aliphatic carbocycles. The van der Waals surface area contributed by atoms with Gasteiger partial charge < -0.3 is 14.7 Å². The van der Waals surface area contributed by atoms with Crippen LogP contribution in [0, 0.1) is 12.1 Å². The summed E-state index contributed by atoms with van der Waals surface area (Å²) in [4.78, 5) is 12.2. The Kier molecular flexibility index (Phi) is 9.31. The number of nitrogens with zero attached hydrogens (tertiary/aromatic N) is 4. The summed E-state index contributed by atoms with van der Waals surface area (Å²) in [6.45, 7) is 5.30. The Labute approximate surface area is 344 Å². The first-order valence-electron chi connectivity index (χ1n) is 19.1. The van der Waals surface area contributed by atoms with Gasteiger partial charge in [-0.2, -0.15) is 47.5 Å². The quantitative estimate of drug-likeness (QED) is 0.149. The molecule has 274 valence electrons. The number of anilines is 6. The van der Waals surface area contributed by atoms with E-state index in [1.165, 1.54) is 39.3 Å². The molecule has 2 atom stereocenters. The fourth-order valence-corrected chi connectivity index (χ4v) is 8.57. The zero-order valence-corrected chi connectivity index (χ0v) is 33.6. The van der Waals surface area contributed by atoms with Crippen molar-refractivity contribution in [3.05, 3.63) is 211 Å². The van der Waals surface area contributed by atoms with E-state index in [0.29, 0.717) is 0 Å². The van der Waals surface area contributed by atoms with Crippen molar-refractivity contribution in [3.8, 4) is 22.3 Å². The third-order valence-electron chi connectivity index (χ3n) is 11.5. The molecule has 6 aromatic carbocycles. The van der Waals surface area contributed by atoms with Crippen LogP contribution in [0.5, 0.6) is 0 Å². The Morgan fingerprint density at radius 2 is 1.27 bits per heavy atom. The molecule has 0 fully saturated rings. The van der Waals surface area contributed by atoms with Crippen LogP contribution in [0.4, 0.5) is 34.3 Å². The second-order valence-corrected chi connectivity index (χ2v) is 15.0. The molecule has 2 aliphatic heterocycles. The molecule has 56 heavy (non-hydrogen) atoms. The molecule has 0 bridgehead atoms. The summed E-state index contributed by atoms with van der Waals surface area (Å²) in [6, 6.07) is 62.0. The van der Waals surface area contributed by atoms with Gasteiger partial charge in [-0.25, -0.2) is 4.98 Å². The van der Waals surface area contributed by atoms with Gasteiger partial charge in [-0.3, -0.25) is 0 Å². The van der Waals surface area contributed by atoms with Crippen molar-refractivity contribution in [2.75, 3.05) is 21.4 Å². The fraction of sp³-hybridized carbons (Fsp3) is 0.118. The van der Waals surface area contributed by atoms with Crippen molar-refractivity contribution < 1.29 is 21.1 Å². The Balaban J connectivity index is 0.00000410. The van der Waals surface area contributed by atoms with Gasteiger partial charge in [0.2, 0.25) is 0 Å². The zero-order chi connectivity index (χ0) is 36.9. The number of hydrogen-bond donors (Lipinski definition) is 0. The van der Waals surface area contributed by atoms with Gasteiger partial charge in [0.25, 0.3) is 0 Å². The molecule has 0 amide bonds. The third kappa shape index (κ3) is 6.10. The van der Waals surface area contributed by atoms with Crippen molar-refractivity contribution in [3.63, 3.8) is 0 Å². The molecule has 5 heteroatoms. The van der Waals surface area contributed by atoms with Crippen LogP contribution in [0.2, 0.25) is 0 Å². The van der Waals surface area contributed by atoms with Crippen LogP contribution in [0.3, 0.4) is 0 Å². The van der Waals surface area contributed by atoms with Crippen LogP contribution in [0.15, 0.2) is 182 Å². The first-order chi connectivity index (χ1) is 27.0. The van der Waals surface area contributed by atoms with Crippen molar-refractivity contribution >= 4 is 34.3 Å². The van der Waals surface area contributed by atoms with Gasteiger partial charge in [0.15, 0.2) is 0 Å². The van der Waals surface area contributed by atoms with Gasteiger partial charge in [0.1, 0.15) is 5.82 Å². The van der Waals surface area contributed by atoms with Gasteiger partial charge in [-0.15, -0.1) is 11.6 Å². The van der Waals surface area contributed by atoms with Gasteiger partial charge in [-0.1, -0.05) is 134 Å². The molecule has 0 N–H and O–H groups in total. The smallest absolute Gasteiger partial charge is 0.345 e. The summed E-state index contributed by atoms with van der Waals surface area (Å²) in [5.74, 6) is 1.14. The normalized spacial score (nSPS) is 16.6. The van der Waals surface area contributed by atoms with E-state index in [1.54, 1.807) is 0 Å². The van der Waals surface area contributed by atoms with Crippen molar-refractivity contribution in [2.45, 2.75) is 31.2 Å². The van der Waals surface area contributed by atoms with Gasteiger partial charge in [0, 0.05) is 11.9 Å². The molecule has 7 aromatic rings. The Hall–Kier alpha value is -5.96. The van der Waals surface area contributed by atoms with Crippen LogP contribution in [0.1, 0.15) is 36.5 Å². The maximum atomic E-state index is 5.02. The molecule has 0 saturated carbocycles. The molecule has 3 heterocycles. The van der Waals surface area contributed by atoms with Crippen LogP contribution in [-0.4, -0.2) is 17.7 Å². The number of fused-ring (bicyclic) bond motifs is 4. The van der Waals surface area contributed by atoms with Gasteiger partial charge in [0.05, 0.1) is 24.1 Å². The molecule has 4 nitrogen and oxygen atoms in total. The van der Waals surface area contributed by atoms with E-state index in [1.807, 2.05) is 6.20 Å². The second-order valence-electron chi connectivity index (χ2n) is 15.0. The molecule has 2 unspecified atom stereocenters. The number of hydrogen-bond acceptors (Lipinski definition) is 4. The Morgan fingerprint density at radius 1 is 0.607 bits per heavy atom. The first-order valence-corrected chi connectivity index (χ1v) is 19.1. The number of pyridine rings is 1. The van der Waals surface area contributed by atoms with E-state index in [4.69, 9.17) is 4.98 Å². The third-order valence-corrected chi connectivity index (χ3v) is 11.5. The second kappa shape index (κ2) is 14.6. The van der Waals surface area contributed by atoms with E-state index in [0.717, 1.165) is 40.6 Å². The van der Waals surface area contributed by atoms with Crippen LogP contribution < -0.4 is 14.7 Å². The molecule has 10 rings (SSSR count). The van der Waals surface area contributed by atoms with E-state index in [9.17, 15) is 0 Å². The number of aromatic nitrogens is 1. The number of rotatable bonds is 7. The number of para-hydroxylation sites is 3. The minimum Gasteiger partial charge on any atom is -0.345 e. The van der Waals surface area contributed by atoms with E-state index in [-0.39, 0.29) is 38.4 Å². The summed E-state index contributed by atoms with van der Waals surface area (Å²) in [6.07, 6.45) is 10.9. The van der Waals surface area contributed by atoms with Crippen molar-refractivity contribution in [1.82, 2.24) is 4.98 Å². The summed E-state index contributed by atoms with van der Waals surface area (Å²) in [5, 5.41) is 0. The molecule has 3 aliphatic rings. The van der Waals surface area contributed by atoms with Gasteiger partial charge in [-0.05, 0) is 70.0 Å². The number of benzene rings is 6. The molecular formula is C51H40N4Pt. The summed E-state index contributed by atoms with van der Waals surface area (Å²) in [5.41, 5.74) is 13.6. The monoisotopic (exact) mass is 903 g/mol. The van der Waals surface area contributed by atoms with Crippen LogP contribution in [-0.2, 0) is 26.5 Å². The van der Waals surface area contributed by atoms with Crippen molar-refractivity contribution in [1.29, 1.82) is 0 Å². The summed E-state index contributed by atoms with van der Waals surface area (Å²) < 4.78 is 0. The topological polar surface area (TPSA) is 22.6 Å². The van der Waals surface area contributed by atoms with E-state index >= 15 is 0 Å². The minimum atomic E-state index is -0.377.